The van der Waals surface area contributed by atoms with Crippen molar-refractivity contribution >= 4 is 11.8 Å². The normalized spacial score (nSPS) is 19.5. The van der Waals surface area contributed by atoms with Gasteiger partial charge in [0.15, 0.2) is 0 Å². The third kappa shape index (κ3) is 6.08. The molecule has 2 aromatic heterocycles. The number of likely N-dealkylation sites (tertiary alicyclic amines) is 1. The van der Waals surface area contributed by atoms with Crippen LogP contribution in [0.5, 0.6) is 5.88 Å². The van der Waals surface area contributed by atoms with Crippen LogP contribution in [-0.2, 0) is 16.0 Å². The minimum Gasteiger partial charge on any atom is -0.478 e. The summed E-state index contributed by atoms with van der Waals surface area (Å²) in [4.78, 5) is 36.5. The number of carbonyl (C=O) groups is 2. The molecule has 1 saturated heterocycles. The highest BCUT2D eigenvalue weighted by Gasteiger charge is 2.40. The number of pyridine rings is 2. The number of nitrogens with one attached hydrogen (secondary N) is 1. The molecule has 39 heavy (non-hydrogen) atoms. The Bertz CT molecular complexity index is 1350. The van der Waals surface area contributed by atoms with Crippen LogP contribution >= 0.6 is 0 Å². The van der Waals surface area contributed by atoms with Gasteiger partial charge in [-0.05, 0) is 55.9 Å². The molecule has 2 amide bonds. The highest BCUT2D eigenvalue weighted by atomic mass is 19.1. The second-order valence-corrected chi connectivity index (χ2v) is 10.2. The Balaban J connectivity index is 1.35. The molecule has 0 bridgehead atoms. The van der Waals surface area contributed by atoms with E-state index in [0.717, 1.165) is 18.4 Å². The molecule has 7 nitrogen and oxygen atoms in total. The SMILES string of the molecule is CCOc1ncc(CC(=O)N2CC(F)CC2C(=O)NC(c2ccccc2)c2ccc(C3CC3)c(F)n2)cc1C. The summed E-state index contributed by atoms with van der Waals surface area (Å²) in [5.74, 6) is -0.712. The number of benzene rings is 1. The van der Waals surface area contributed by atoms with E-state index in [1.165, 1.54) is 4.90 Å². The second-order valence-electron chi connectivity index (χ2n) is 10.2. The van der Waals surface area contributed by atoms with E-state index in [1.54, 1.807) is 18.3 Å². The molecule has 3 heterocycles. The lowest BCUT2D eigenvalue weighted by Gasteiger charge is -2.27. The molecule has 1 aromatic carbocycles. The number of halogens is 2. The summed E-state index contributed by atoms with van der Waals surface area (Å²) < 4.78 is 34.9. The first-order chi connectivity index (χ1) is 18.8. The Morgan fingerprint density at radius 1 is 1.18 bits per heavy atom. The lowest BCUT2D eigenvalue weighted by atomic mass is 10.0. The van der Waals surface area contributed by atoms with Crippen molar-refractivity contribution in [3.8, 4) is 5.88 Å². The minimum absolute atomic E-state index is 0.0196. The smallest absolute Gasteiger partial charge is 0.243 e. The molecular weight excluding hydrogens is 502 g/mol. The average Bonchev–Trinajstić information content (AvgIpc) is 3.69. The number of carbonyl (C=O) groups excluding carboxylic acids is 2. The zero-order valence-electron chi connectivity index (χ0n) is 22.1. The molecule has 3 aromatic rings. The molecule has 0 spiro atoms. The number of hydrogen-bond donors (Lipinski definition) is 1. The number of ether oxygens (including phenoxy) is 1. The van der Waals surface area contributed by atoms with Gasteiger partial charge in [-0.3, -0.25) is 9.59 Å². The lowest BCUT2D eigenvalue weighted by molar-refractivity contribution is -0.138. The number of amides is 2. The first-order valence-corrected chi connectivity index (χ1v) is 13.4. The summed E-state index contributed by atoms with van der Waals surface area (Å²) in [6, 6.07) is 12.6. The van der Waals surface area contributed by atoms with E-state index in [1.807, 2.05) is 50.2 Å². The maximum absolute atomic E-state index is 14.8. The number of nitrogens with zero attached hydrogens (tertiary/aromatic N) is 3. The van der Waals surface area contributed by atoms with Gasteiger partial charge in [-0.1, -0.05) is 36.4 Å². The zero-order chi connectivity index (χ0) is 27.5. The van der Waals surface area contributed by atoms with Crippen LogP contribution in [0.4, 0.5) is 8.78 Å². The van der Waals surface area contributed by atoms with Gasteiger partial charge in [0.05, 0.1) is 31.3 Å². The number of rotatable bonds is 9. The minimum atomic E-state index is -1.33. The van der Waals surface area contributed by atoms with E-state index in [9.17, 15) is 18.4 Å². The van der Waals surface area contributed by atoms with Crippen molar-refractivity contribution in [1.82, 2.24) is 20.2 Å². The first-order valence-electron chi connectivity index (χ1n) is 13.4. The molecule has 0 radical (unpaired) electrons. The van der Waals surface area contributed by atoms with Crippen molar-refractivity contribution in [2.45, 2.75) is 63.7 Å². The summed E-state index contributed by atoms with van der Waals surface area (Å²) in [5, 5.41) is 2.93. The molecule has 9 heteroatoms. The van der Waals surface area contributed by atoms with Gasteiger partial charge in [-0.25, -0.2) is 14.4 Å². The predicted molar refractivity (Wildman–Crippen MR) is 141 cm³/mol. The van der Waals surface area contributed by atoms with Crippen molar-refractivity contribution < 1.29 is 23.1 Å². The molecule has 1 N–H and O–H groups in total. The molecule has 2 aliphatic rings. The Kier molecular flexibility index (Phi) is 7.86. The van der Waals surface area contributed by atoms with Crippen LogP contribution in [0.2, 0.25) is 0 Å². The van der Waals surface area contributed by atoms with Gasteiger partial charge >= 0.3 is 0 Å². The molecule has 1 aliphatic carbocycles. The van der Waals surface area contributed by atoms with Crippen LogP contribution in [0.15, 0.2) is 54.7 Å². The number of aryl methyl sites for hydroxylation is 1. The van der Waals surface area contributed by atoms with Crippen molar-refractivity contribution in [3.05, 3.63) is 88.6 Å². The summed E-state index contributed by atoms with van der Waals surface area (Å²) in [6.45, 7) is 4.01. The van der Waals surface area contributed by atoms with Crippen molar-refractivity contribution in [1.29, 1.82) is 0 Å². The number of aromatic nitrogens is 2. The molecule has 204 valence electrons. The fourth-order valence-corrected chi connectivity index (χ4v) is 5.12. The zero-order valence-corrected chi connectivity index (χ0v) is 22.1. The van der Waals surface area contributed by atoms with Gasteiger partial charge in [-0.15, -0.1) is 0 Å². The van der Waals surface area contributed by atoms with E-state index in [-0.39, 0.29) is 31.2 Å². The predicted octanol–water partition coefficient (Wildman–Crippen LogP) is 4.59. The van der Waals surface area contributed by atoms with E-state index >= 15 is 0 Å². The number of alkyl halides is 1. The highest BCUT2D eigenvalue weighted by molar-refractivity contribution is 5.89. The van der Waals surface area contributed by atoms with E-state index in [0.29, 0.717) is 34.9 Å². The standard InChI is InChI=1S/C30H32F2N4O3/c1-3-39-30-18(2)13-19(16-33-30)14-26(37)36-17-22(31)15-25(36)29(38)35-27(21-7-5-4-6-8-21)24-12-11-23(20-9-10-20)28(32)34-24/h4-8,11-13,16,20,22,25,27H,3,9-10,14-15,17H2,1-2H3,(H,35,38). The summed E-state index contributed by atoms with van der Waals surface area (Å²) in [6.07, 6.45) is 1.99. The monoisotopic (exact) mass is 534 g/mol. The Morgan fingerprint density at radius 3 is 2.62 bits per heavy atom. The maximum atomic E-state index is 14.8. The van der Waals surface area contributed by atoms with Gasteiger partial charge in [0.1, 0.15) is 12.2 Å². The van der Waals surface area contributed by atoms with Crippen molar-refractivity contribution in [3.63, 3.8) is 0 Å². The van der Waals surface area contributed by atoms with Crippen LogP contribution in [0.25, 0.3) is 0 Å². The third-order valence-electron chi connectivity index (χ3n) is 7.23. The van der Waals surface area contributed by atoms with Gasteiger partial charge in [0, 0.05) is 23.7 Å². The number of hydrogen-bond acceptors (Lipinski definition) is 5. The van der Waals surface area contributed by atoms with Gasteiger partial charge < -0.3 is 15.0 Å². The van der Waals surface area contributed by atoms with Crippen LogP contribution < -0.4 is 10.1 Å². The molecule has 1 saturated carbocycles. The Hall–Kier alpha value is -3.88. The average molecular weight is 535 g/mol. The van der Waals surface area contributed by atoms with Crippen LogP contribution in [0, 0.1) is 12.9 Å². The molecule has 2 fully saturated rings. The molecule has 1 aliphatic heterocycles. The molecule has 5 rings (SSSR count). The van der Waals surface area contributed by atoms with E-state index in [4.69, 9.17) is 4.74 Å². The third-order valence-corrected chi connectivity index (χ3v) is 7.23. The Morgan fingerprint density at radius 2 is 1.95 bits per heavy atom. The van der Waals surface area contributed by atoms with Gasteiger partial charge in [0.25, 0.3) is 0 Å². The molecular formula is C30H32F2N4O3. The fraction of sp³-hybridized carbons (Fsp3) is 0.400. The molecule has 3 atom stereocenters. The fourth-order valence-electron chi connectivity index (χ4n) is 5.12. The van der Waals surface area contributed by atoms with Crippen molar-refractivity contribution in [2.75, 3.05) is 13.2 Å². The van der Waals surface area contributed by atoms with E-state index in [2.05, 4.69) is 15.3 Å². The lowest BCUT2D eigenvalue weighted by Crippen LogP contribution is -2.47. The quantitative estimate of drug-likeness (QED) is 0.406. The maximum Gasteiger partial charge on any atom is 0.243 e. The summed E-state index contributed by atoms with van der Waals surface area (Å²) in [5.41, 5.74) is 3.09. The summed E-state index contributed by atoms with van der Waals surface area (Å²) >= 11 is 0. The highest BCUT2D eigenvalue weighted by Crippen LogP contribution is 2.41. The summed E-state index contributed by atoms with van der Waals surface area (Å²) in [7, 11) is 0. The second kappa shape index (κ2) is 11.5. The molecule has 3 unspecified atom stereocenters. The first kappa shape index (κ1) is 26.7. The van der Waals surface area contributed by atoms with Crippen LogP contribution in [0.3, 0.4) is 0 Å². The van der Waals surface area contributed by atoms with Crippen LogP contribution in [0.1, 0.15) is 66.1 Å². The van der Waals surface area contributed by atoms with Gasteiger partial charge in [0.2, 0.25) is 23.6 Å². The van der Waals surface area contributed by atoms with Crippen LogP contribution in [-0.4, -0.2) is 52.0 Å². The topological polar surface area (TPSA) is 84.4 Å². The van der Waals surface area contributed by atoms with E-state index < -0.39 is 30.1 Å². The largest absolute Gasteiger partial charge is 0.478 e. The Labute approximate surface area is 226 Å². The van der Waals surface area contributed by atoms with Gasteiger partial charge in [-0.2, -0.15) is 4.39 Å². The van der Waals surface area contributed by atoms with Crippen molar-refractivity contribution in [2.24, 2.45) is 0 Å².